The summed E-state index contributed by atoms with van der Waals surface area (Å²) < 4.78 is 8.00. The first-order valence-electron chi connectivity index (χ1n) is 11.5. The number of anilines is 1. The van der Waals surface area contributed by atoms with Crippen LogP contribution in [-0.4, -0.2) is 43.6 Å². The number of nitrogens with one attached hydrogen (secondary N) is 1. The summed E-state index contributed by atoms with van der Waals surface area (Å²) in [5.41, 5.74) is 4.78. The van der Waals surface area contributed by atoms with Crippen LogP contribution in [0, 0.1) is 20.8 Å². The number of rotatable bonds is 6. The summed E-state index contributed by atoms with van der Waals surface area (Å²) in [4.78, 5) is 11.5. The van der Waals surface area contributed by atoms with E-state index in [2.05, 4.69) is 88.5 Å². The Bertz CT molecular complexity index is 1220. The minimum atomic E-state index is 0.366. The van der Waals surface area contributed by atoms with Crippen molar-refractivity contribution in [1.82, 2.24) is 24.5 Å². The summed E-state index contributed by atoms with van der Waals surface area (Å²) in [6.45, 7) is 9.36. The smallest absolute Gasteiger partial charge is 0.257 e. The molecule has 0 bridgehead atoms. The summed E-state index contributed by atoms with van der Waals surface area (Å²) in [6.07, 6.45) is 3.65. The molecule has 1 N–H and O–H groups in total. The molecule has 0 unspecified atom stereocenters. The Hall–Kier alpha value is -3.45. The predicted octanol–water partition coefficient (Wildman–Crippen LogP) is 4.92. The van der Waals surface area contributed by atoms with E-state index in [4.69, 9.17) is 4.74 Å². The monoisotopic (exact) mass is 442 g/mol. The average molecular weight is 443 g/mol. The molecule has 4 aromatic rings. The van der Waals surface area contributed by atoms with E-state index < -0.39 is 0 Å². The van der Waals surface area contributed by atoms with Crippen molar-refractivity contribution in [3.63, 3.8) is 0 Å². The van der Waals surface area contributed by atoms with Crippen molar-refractivity contribution >= 4 is 11.6 Å². The Morgan fingerprint density at radius 1 is 1.00 bits per heavy atom. The summed E-state index contributed by atoms with van der Waals surface area (Å²) in [7, 11) is 0. The molecule has 1 aliphatic rings. The standard InChI is InChI=1S/C26H30N6O/c1-18-13-19(2)25(20(3)14-18)33-24-15-23(30-26-27-17-28-32(24)26)29-22-9-11-31(12-10-22)16-21-7-5-4-6-8-21/h4-8,13-15,17,22H,9-12,16H2,1-3H3,(H,27,28,29,30). The number of fused-ring (bicyclic) bond motifs is 1. The van der Waals surface area contributed by atoms with Gasteiger partial charge in [0.2, 0.25) is 5.88 Å². The number of nitrogens with zero attached hydrogens (tertiary/aromatic N) is 5. The molecule has 5 rings (SSSR count). The Morgan fingerprint density at radius 2 is 1.73 bits per heavy atom. The van der Waals surface area contributed by atoms with E-state index in [1.807, 2.05) is 6.07 Å². The number of hydrogen-bond acceptors (Lipinski definition) is 6. The van der Waals surface area contributed by atoms with Gasteiger partial charge < -0.3 is 10.1 Å². The van der Waals surface area contributed by atoms with E-state index >= 15 is 0 Å². The Morgan fingerprint density at radius 3 is 2.45 bits per heavy atom. The third-order valence-corrected chi connectivity index (χ3v) is 6.22. The first-order chi connectivity index (χ1) is 16.0. The molecule has 7 heteroatoms. The molecule has 0 spiro atoms. The van der Waals surface area contributed by atoms with E-state index in [9.17, 15) is 0 Å². The van der Waals surface area contributed by atoms with E-state index in [1.165, 1.54) is 17.5 Å². The molecule has 33 heavy (non-hydrogen) atoms. The molecule has 2 aromatic carbocycles. The van der Waals surface area contributed by atoms with E-state index in [0.717, 1.165) is 55.2 Å². The molecule has 3 heterocycles. The van der Waals surface area contributed by atoms with Gasteiger partial charge in [0.1, 0.15) is 17.9 Å². The maximum Gasteiger partial charge on any atom is 0.257 e. The van der Waals surface area contributed by atoms with Gasteiger partial charge >= 0.3 is 0 Å². The molecule has 0 amide bonds. The largest absolute Gasteiger partial charge is 0.438 e. The molecule has 7 nitrogen and oxygen atoms in total. The second-order valence-corrected chi connectivity index (χ2v) is 8.96. The molecule has 0 aliphatic carbocycles. The summed E-state index contributed by atoms with van der Waals surface area (Å²) >= 11 is 0. The van der Waals surface area contributed by atoms with Crippen molar-refractivity contribution in [1.29, 1.82) is 0 Å². The van der Waals surface area contributed by atoms with Crippen LogP contribution < -0.4 is 10.1 Å². The molecule has 2 aromatic heterocycles. The highest BCUT2D eigenvalue weighted by Gasteiger charge is 2.21. The lowest BCUT2D eigenvalue weighted by molar-refractivity contribution is 0.211. The van der Waals surface area contributed by atoms with Gasteiger partial charge in [-0.05, 0) is 50.3 Å². The Kier molecular flexibility index (Phi) is 5.96. The van der Waals surface area contributed by atoms with Crippen LogP contribution in [0.3, 0.4) is 0 Å². The van der Waals surface area contributed by atoms with Gasteiger partial charge in [-0.15, -0.1) is 0 Å². The van der Waals surface area contributed by atoms with Gasteiger partial charge in [0, 0.05) is 31.7 Å². The van der Waals surface area contributed by atoms with Crippen molar-refractivity contribution in [3.05, 3.63) is 77.1 Å². The van der Waals surface area contributed by atoms with Gasteiger partial charge in [-0.25, -0.2) is 0 Å². The van der Waals surface area contributed by atoms with Crippen molar-refractivity contribution in [2.24, 2.45) is 0 Å². The van der Waals surface area contributed by atoms with Crippen LogP contribution in [0.25, 0.3) is 5.78 Å². The topological polar surface area (TPSA) is 67.6 Å². The SMILES string of the molecule is Cc1cc(C)c(Oc2cc(NC3CCN(Cc4ccccc4)CC3)nc3ncnn23)c(C)c1. The molecule has 0 radical (unpaired) electrons. The number of aromatic nitrogens is 4. The van der Waals surface area contributed by atoms with Gasteiger partial charge in [0.05, 0.1) is 0 Å². The average Bonchev–Trinajstić information content (AvgIpc) is 3.27. The number of hydrogen-bond donors (Lipinski definition) is 1. The maximum absolute atomic E-state index is 6.35. The van der Waals surface area contributed by atoms with Crippen molar-refractivity contribution in [2.45, 2.75) is 46.2 Å². The van der Waals surface area contributed by atoms with E-state index in [-0.39, 0.29) is 0 Å². The van der Waals surface area contributed by atoms with E-state index in [1.54, 1.807) is 4.52 Å². The molecular weight excluding hydrogens is 412 g/mol. The normalized spacial score (nSPS) is 15.1. The van der Waals surface area contributed by atoms with Gasteiger partial charge in [0.25, 0.3) is 5.78 Å². The number of piperidine rings is 1. The fourth-order valence-corrected chi connectivity index (χ4v) is 4.65. The van der Waals surface area contributed by atoms with Crippen molar-refractivity contribution in [2.75, 3.05) is 18.4 Å². The predicted molar refractivity (Wildman–Crippen MR) is 130 cm³/mol. The van der Waals surface area contributed by atoms with Gasteiger partial charge in [-0.1, -0.05) is 48.0 Å². The lowest BCUT2D eigenvalue weighted by atomic mass is 10.0. The highest BCUT2D eigenvalue weighted by Crippen LogP contribution is 2.31. The van der Waals surface area contributed by atoms with Gasteiger partial charge in [-0.3, -0.25) is 4.90 Å². The first kappa shape index (κ1) is 21.4. The number of likely N-dealkylation sites (tertiary alicyclic amines) is 1. The third kappa shape index (κ3) is 4.83. The van der Waals surface area contributed by atoms with Crippen LogP contribution in [0.2, 0.25) is 0 Å². The van der Waals surface area contributed by atoms with Crippen molar-refractivity contribution < 1.29 is 4.74 Å². The lowest BCUT2D eigenvalue weighted by Gasteiger charge is -2.32. The zero-order chi connectivity index (χ0) is 22.8. The minimum absolute atomic E-state index is 0.366. The summed E-state index contributed by atoms with van der Waals surface area (Å²) in [6, 6.07) is 17.2. The molecule has 1 aliphatic heterocycles. The minimum Gasteiger partial charge on any atom is -0.438 e. The highest BCUT2D eigenvalue weighted by atomic mass is 16.5. The molecular formula is C26H30N6O. The molecule has 1 fully saturated rings. The molecule has 1 saturated heterocycles. The molecule has 0 saturated carbocycles. The molecule has 170 valence electrons. The van der Waals surface area contributed by atoms with Crippen LogP contribution in [0.15, 0.2) is 54.9 Å². The van der Waals surface area contributed by atoms with Crippen LogP contribution in [-0.2, 0) is 6.54 Å². The zero-order valence-electron chi connectivity index (χ0n) is 19.5. The quantitative estimate of drug-likeness (QED) is 0.457. The van der Waals surface area contributed by atoms with Crippen LogP contribution in [0.5, 0.6) is 11.6 Å². The maximum atomic E-state index is 6.35. The van der Waals surface area contributed by atoms with Crippen molar-refractivity contribution in [3.8, 4) is 11.6 Å². The fraction of sp³-hybridized carbons (Fsp3) is 0.346. The summed E-state index contributed by atoms with van der Waals surface area (Å²) in [5.74, 6) is 2.76. The Balaban J connectivity index is 1.30. The Labute approximate surface area is 194 Å². The fourth-order valence-electron chi connectivity index (χ4n) is 4.65. The van der Waals surface area contributed by atoms with Gasteiger partial charge in [-0.2, -0.15) is 19.6 Å². The third-order valence-electron chi connectivity index (χ3n) is 6.22. The second kappa shape index (κ2) is 9.19. The van der Waals surface area contributed by atoms with Gasteiger partial charge in [0.15, 0.2) is 0 Å². The number of ether oxygens (including phenoxy) is 1. The summed E-state index contributed by atoms with van der Waals surface area (Å²) in [5, 5.41) is 7.93. The van der Waals surface area contributed by atoms with Crippen LogP contribution in [0.4, 0.5) is 5.82 Å². The number of aryl methyl sites for hydroxylation is 3. The second-order valence-electron chi connectivity index (χ2n) is 8.96. The van der Waals surface area contributed by atoms with Crippen LogP contribution in [0.1, 0.15) is 35.1 Å². The van der Waals surface area contributed by atoms with Crippen LogP contribution >= 0.6 is 0 Å². The highest BCUT2D eigenvalue weighted by molar-refractivity contribution is 5.50. The zero-order valence-corrected chi connectivity index (χ0v) is 19.5. The molecule has 0 atom stereocenters. The first-order valence-corrected chi connectivity index (χ1v) is 11.5. The lowest BCUT2D eigenvalue weighted by Crippen LogP contribution is -2.38. The van der Waals surface area contributed by atoms with E-state index in [0.29, 0.717) is 17.7 Å². The number of benzene rings is 2.